The van der Waals surface area contributed by atoms with Crippen molar-refractivity contribution in [2.45, 2.75) is 153 Å². The second-order valence-electron chi connectivity index (χ2n) is 13.9. The maximum Gasteiger partial charge on any atom is 0.118 e. The predicted molar refractivity (Wildman–Crippen MR) is 175 cm³/mol. The molecule has 4 heterocycles. The molecule has 9 nitrogen and oxygen atoms in total. The minimum Gasteiger partial charge on any atom is -0.463 e. The summed E-state index contributed by atoms with van der Waals surface area (Å²) in [7, 11) is 0. The molecule has 3 aromatic heterocycles. The third-order valence-corrected chi connectivity index (χ3v) is 10.7. The number of hydrogen-bond donors (Lipinski definition) is 6. The monoisotopic (exact) mass is 618 g/mol. The van der Waals surface area contributed by atoms with Crippen LogP contribution in [0.25, 0.3) is 0 Å². The van der Waals surface area contributed by atoms with Crippen molar-refractivity contribution < 1.29 is 13.3 Å². The average Bonchev–Trinajstić information content (AvgIpc) is 3.85. The Bertz CT molecular complexity index is 1070. The van der Waals surface area contributed by atoms with E-state index in [-0.39, 0.29) is 0 Å². The van der Waals surface area contributed by atoms with Crippen molar-refractivity contribution in [3.05, 3.63) is 71.0 Å². The molecule has 3 saturated carbocycles. The Morgan fingerprint density at radius 2 is 0.489 bits per heavy atom. The van der Waals surface area contributed by atoms with E-state index in [4.69, 9.17) is 13.3 Å². The van der Waals surface area contributed by atoms with Crippen molar-refractivity contribution in [2.24, 2.45) is 0 Å². The minimum atomic E-state index is 0.430. The Kier molecular flexibility index (Phi) is 10.7. The summed E-state index contributed by atoms with van der Waals surface area (Å²) in [4.78, 5) is 0. The lowest BCUT2D eigenvalue weighted by Gasteiger charge is -2.33. The zero-order valence-electron chi connectivity index (χ0n) is 26.9. The van der Waals surface area contributed by atoms with Crippen molar-refractivity contribution in [2.75, 3.05) is 0 Å². The largest absolute Gasteiger partial charge is 0.463 e. The highest BCUT2D eigenvalue weighted by Gasteiger charge is 2.28. The highest BCUT2D eigenvalue weighted by Crippen LogP contribution is 2.24. The molecule has 3 aromatic rings. The molecule has 45 heavy (non-hydrogen) atoms. The van der Waals surface area contributed by atoms with E-state index in [1.54, 1.807) is 0 Å². The molecule has 4 aliphatic rings. The molecular weight excluding hydrogens is 564 g/mol. The fraction of sp³-hybridized carbons (Fsp3) is 0.667. The van der Waals surface area contributed by atoms with Crippen LogP contribution in [-0.4, -0.2) is 36.3 Å². The standard InChI is InChI=1S/C36H54N6O3/c1-2-8-32-31(7-1)37-19-25-13-14-27(43-25)21-39-33-9-3-4-10-34(33)41-23-29-17-18-30(45-29)24-42-36-12-6-5-11-35(36)40-22-28-16-15-26(44-28)20-38-32/h13-18,31-42H,1-12,19-24H2/t31-,32-,33-,34-,35-,36-/m1/s1. The predicted octanol–water partition coefficient (Wildman–Crippen LogP) is 5.35. The van der Waals surface area contributed by atoms with Crippen LogP contribution in [0.2, 0.25) is 0 Å². The van der Waals surface area contributed by atoms with Crippen LogP contribution >= 0.6 is 0 Å². The number of rotatable bonds is 0. The van der Waals surface area contributed by atoms with Crippen LogP contribution < -0.4 is 31.9 Å². The van der Waals surface area contributed by atoms with E-state index in [9.17, 15) is 0 Å². The Hall–Kier alpha value is -2.40. The third-order valence-electron chi connectivity index (χ3n) is 10.7. The van der Waals surface area contributed by atoms with Crippen molar-refractivity contribution in [3.63, 3.8) is 0 Å². The number of nitrogens with one attached hydrogen (secondary N) is 6. The highest BCUT2D eigenvalue weighted by molar-refractivity contribution is 5.11. The number of fused-ring (bicyclic) bond motifs is 9. The number of hydrogen-bond acceptors (Lipinski definition) is 9. The zero-order chi connectivity index (χ0) is 30.3. The molecule has 6 bridgehead atoms. The summed E-state index contributed by atoms with van der Waals surface area (Å²) in [5.74, 6) is 6.07. The number of furan rings is 3. The summed E-state index contributed by atoms with van der Waals surface area (Å²) in [6.45, 7) is 4.55. The van der Waals surface area contributed by atoms with Gasteiger partial charge in [0.25, 0.3) is 0 Å². The first-order chi connectivity index (χ1) is 22.2. The molecule has 246 valence electrons. The smallest absolute Gasteiger partial charge is 0.118 e. The SMILES string of the molecule is c1cc2oc1CN[C@@H]1CCCC[C@H]1NCc1ccc(o1)CN[C@@H]1CCCC[C@H]1NCc1ccc(o1)CN[C@@H]1CCCC[C@H]1NC2. The van der Waals surface area contributed by atoms with E-state index in [1.165, 1.54) is 77.0 Å². The molecular formula is C36H54N6O3. The van der Waals surface area contributed by atoms with Crippen LogP contribution in [0.1, 0.15) is 112 Å². The van der Waals surface area contributed by atoms with Gasteiger partial charge in [-0.25, -0.2) is 0 Å². The van der Waals surface area contributed by atoms with Crippen molar-refractivity contribution in [3.8, 4) is 0 Å². The fourth-order valence-corrected chi connectivity index (χ4v) is 8.09. The van der Waals surface area contributed by atoms with Gasteiger partial charge in [-0.1, -0.05) is 38.5 Å². The Morgan fingerprint density at radius 3 is 0.667 bits per heavy atom. The van der Waals surface area contributed by atoms with Crippen LogP contribution in [0.5, 0.6) is 0 Å². The lowest BCUT2D eigenvalue weighted by atomic mass is 9.90. The molecule has 0 amide bonds. The van der Waals surface area contributed by atoms with E-state index < -0.39 is 0 Å². The second-order valence-corrected chi connectivity index (χ2v) is 13.9. The maximum atomic E-state index is 6.28. The molecule has 0 unspecified atom stereocenters. The normalized spacial score (nSPS) is 31.2. The van der Waals surface area contributed by atoms with Crippen LogP contribution in [-0.2, 0) is 39.3 Å². The molecule has 3 fully saturated rings. The summed E-state index contributed by atoms with van der Waals surface area (Å²) in [6.07, 6.45) is 14.8. The van der Waals surface area contributed by atoms with E-state index in [2.05, 4.69) is 68.3 Å². The van der Waals surface area contributed by atoms with Gasteiger partial charge in [-0.3, -0.25) is 0 Å². The Labute approximate surface area is 268 Å². The first kappa shape index (κ1) is 31.2. The first-order valence-electron chi connectivity index (χ1n) is 17.9. The summed E-state index contributed by atoms with van der Waals surface area (Å²) in [6, 6.07) is 15.4. The molecule has 7 rings (SSSR count). The van der Waals surface area contributed by atoms with Gasteiger partial charge in [0.2, 0.25) is 0 Å². The summed E-state index contributed by atoms with van der Waals surface area (Å²) in [5, 5.41) is 22.9. The molecule has 9 heteroatoms. The molecule has 0 saturated heterocycles. The van der Waals surface area contributed by atoms with Gasteiger partial charge < -0.3 is 45.2 Å². The minimum absolute atomic E-state index is 0.430. The van der Waals surface area contributed by atoms with E-state index in [0.29, 0.717) is 36.3 Å². The van der Waals surface area contributed by atoms with Gasteiger partial charge in [-0.15, -0.1) is 0 Å². The van der Waals surface area contributed by atoms with E-state index in [1.807, 2.05) is 0 Å². The summed E-state index contributed by atoms with van der Waals surface area (Å²) < 4.78 is 18.8. The quantitative estimate of drug-likeness (QED) is 0.199. The van der Waals surface area contributed by atoms with Gasteiger partial charge in [-0.05, 0) is 74.9 Å². The van der Waals surface area contributed by atoms with Crippen LogP contribution in [0.4, 0.5) is 0 Å². The van der Waals surface area contributed by atoms with Crippen molar-refractivity contribution in [1.29, 1.82) is 0 Å². The van der Waals surface area contributed by atoms with E-state index >= 15 is 0 Å². The van der Waals surface area contributed by atoms with Gasteiger partial charge in [0.15, 0.2) is 0 Å². The van der Waals surface area contributed by atoms with Gasteiger partial charge in [-0.2, -0.15) is 0 Å². The van der Waals surface area contributed by atoms with Crippen LogP contribution in [0.15, 0.2) is 49.6 Å². The second kappa shape index (κ2) is 15.5. The van der Waals surface area contributed by atoms with Crippen molar-refractivity contribution in [1.82, 2.24) is 31.9 Å². The molecule has 0 radical (unpaired) electrons. The fourth-order valence-electron chi connectivity index (χ4n) is 8.09. The molecule has 0 spiro atoms. The van der Waals surface area contributed by atoms with Gasteiger partial charge >= 0.3 is 0 Å². The lowest BCUT2D eigenvalue weighted by molar-refractivity contribution is 0.262. The zero-order valence-corrected chi connectivity index (χ0v) is 26.9. The van der Waals surface area contributed by atoms with Gasteiger partial charge in [0.1, 0.15) is 34.6 Å². The lowest BCUT2D eigenvalue weighted by Crippen LogP contribution is -2.49. The Morgan fingerprint density at radius 1 is 0.311 bits per heavy atom. The topological polar surface area (TPSA) is 112 Å². The summed E-state index contributed by atoms with van der Waals surface area (Å²) in [5.41, 5.74) is 0. The van der Waals surface area contributed by atoms with E-state index in [0.717, 1.165) is 73.8 Å². The molecule has 6 atom stereocenters. The van der Waals surface area contributed by atoms with Gasteiger partial charge in [0, 0.05) is 36.3 Å². The van der Waals surface area contributed by atoms with Crippen LogP contribution in [0, 0.1) is 0 Å². The molecule has 0 aromatic carbocycles. The molecule has 6 N–H and O–H groups in total. The average molecular weight is 619 g/mol. The summed E-state index contributed by atoms with van der Waals surface area (Å²) >= 11 is 0. The molecule has 3 aliphatic carbocycles. The maximum absolute atomic E-state index is 6.28. The van der Waals surface area contributed by atoms with Crippen LogP contribution in [0.3, 0.4) is 0 Å². The van der Waals surface area contributed by atoms with Crippen molar-refractivity contribution >= 4 is 0 Å². The molecule has 1 aliphatic heterocycles. The first-order valence-corrected chi connectivity index (χ1v) is 17.9. The Balaban J connectivity index is 1.03. The third kappa shape index (κ3) is 8.50. The van der Waals surface area contributed by atoms with Gasteiger partial charge in [0.05, 0.1) is 39.3 Å². The highest BCUT2D eigenvalue weighted by atomic mass is 16.3.